The second kappa shape index (κ2) is 4.38. The lowest BCUT2D eigenvalue weighted by Gasteiger charge is -2.00. The Hall–Kier alpha value is -0.670. The number of rotatable bonds is 3. The molecular formula is C8H7ClF2O. The molecule has 4 heteroatoms. The molecule has 0 spiro atoms. The van der Waals surface area contributed by atoms with Crippen LogP contribution in [-0.2, 0) is 11.3 Å². The molecule has 0 heterocycles. The molecule has 0 aliphatic carbocycles. The third-order valence-corrected chi connectivity index (χ3v) is 1.42. The van der Waals surface area contributed by atoms with Gasteiger partial charge in [-0.3, -0.25) is 0 Å². The Balaban J connectivity index is 2.72. The fourth-order valence-corrected chi connectivity index (χ4v) is 0.928. The van der Waals surface area contributed by atoms with E-state index in [1.165, 1.54) is 12.1 Å². The van der Waals surface area contributed by atoms with Crippen LogP contribution in [0.1, 0.15) is 5.56 Å². The van der Waals surface area contributed by atoms with E-state index in [0.717, 1.165) is 6.07 Å². The summed E-state index contributed by atoms with van der Waals surface area (Å²) >= 11 is 5.22. The van der Waals surface area contributed by atoms with Crippen LogP contribution in [0.3, 0.4) is 0 Å². The summed E-state index contributed by atoms with van der Waals surface area (Å²) in [5, 5.41) is 0. The van der Waals surface area contributed by atoms with Crippen molar-refractivity contribution in [1.29, 1.82) is 0 Å². The van der Waals surface area contributed by atoms with Crippen LogP contribution in [0.15, 0.2) is 18.2 Å². The SMILES string of the molecule is Fc1cc(F)cc(COCCl)c1. The number of ether oxygens (including phenoxy) is 1. The van der Waals surface area contributed by atoms with Crippen molar-refractivity contribution in [1.82, 2.24) is 0 Å². The maximum atomic E-state index is 12.5. The van der Waals surface area contributed by atoms with E-state index in [-0.39, 0.29) is 12.7 Å². The van der Waals surface area contributed by atoms with Crippen LogP contribution in [0, 0.1) is 11.6 Å². The Morgan fingerprint density at radius 2 is 1.75 bits per heavy atom. The highest BCUT2D eigenvalue weighted by molar-refractivity contribution is 6.17. The van der Waals surface area contributed by atoms with Crippen LogP contribution in [0.4, 0.5) is 8.78 Å². The van der Waals surface area contributed by atoms with E-state index in [1.54, 1.807) is 0 Å². The van der Waals surface area contributed by atoms with Gasteiger partial charge in [-0.2, -0.15) is 0 Å². The average molecular weight is 193 g/mol. The first-order valence-electron chi connectivity index (χ1n) is 3.31. The van der Waals surface area contributed by atoms with Crippen molar-refractivity contribution in [3.05, 3.63) is 35.4 Å². The Morgan fingerprint density at radius 1 is 1.17 bits per heavy atom. The molecule has 0 aliphatic rings. The van der Waals surface area contributed by atoms with E-state index in [0.29, 0.717) is 5.56 Å². The predicted molar refractivity (Wildman–Crippen MR) is 41.9 cm³/mol. The van der Waals surface area contributed by atoms with Crippen LogP contribution < -0.4 is 0 Å². The first kappa shape index (κ1) is 9.42. The van der Waals surface area contributed by atoms with Gasteiger partial charge in [0, 0.05) is 6.07 Å². The molecule has 0 atom stereocenters. The summed E-state index contributed by atoms with van der Waals surface area (Å²) in [6.07, 6.45) is 0. The molecule has 0 N–H and O–H groups in total. The Kier molecular flexibility index (Phi) is 3.44. The Bertz CT molecular complexity index is 245. The molecule has 0 radical (unpaired) electrons. The molecule has 1 aromatic rings. The molecule has 1 rings (SSSR count). The zero-order valence-corrected chi connectivity index (χ0v) is 6.94. The van der Waals surface area contributed by atoms with E-state index in [9.17, 15) is 8.78 Å². The second-order valence-corrected chi connectivity index (χ2v) is 2.45. The molecule has 1 aromatic carbocycles. The third kappa shape index (κ3) is 2.75. The van der Waals surface area contributed by atoms with E-state index in [1.807, 2.05) is 0 Å². The first-order valence-corrected chi connectivity index (χ1v) is 3.84. The van der Waals surface area contributed by atoms with E-state index < -0.39 is 11.6 Å². The molecule has 0 unspecified atom stereocenters. The molecule has 0 saturated carbocycles. The maximum Gasteiger partial charge on any atom is 0.126 e. The monoisotopic (exact) mass is 192 g/mol. The summed E-state index contributed by atoms with van der Waals surface area (Å²) in [6.45, 7) is 0.123. The summed E-state index contributed by atoms with van der Waals surface area (Å²) in [5.74, 6) is -1.22. The fraction of sp³-hybridized carbons (Fsp3) is 0.250. The molecule has 12 heavy (non-hydrogen) atoms. The summed E-state index contributed by atoms with van der Waals surface area (Å²) < 4.78 is 29.8. The number of benzene rings is 1. The van der Waals surface area contributed by atoms with Crippen molar-refractivity contribution in [3.8, 4) is 0 Å². The molecule has 0 amide bonds. The lowest BCUT2D eigenvalue weighted by Crippen LogP contribution is -1.92. The minimum Gasteiger partial charge on any atom is -0.361 e. The normalized spacial score (nSPS) is 10.2. The Labute approximate surface area is 73.9 Å². The summed E-state index contributed by atoms with van der Waals surface area (Å²) in [7, 11) is 0. The van der Waals surface area contributed by atoms with Crippen molar-refractivity contribution in [3.63, 3.8) is 0 Å². The van der Waals surface area contributed by atoms with Gasteiger partial charge in [-0.05, 0) is 17.7 Å². The predicted octanol–water partition coefficient (Wildman–Crippen LogP) is 2.68. The highest BCUT2D eigenvalue weighted by Gasteiger charge is 1.99. The summed E-state index contributed by atoms with van der Waals surface area (Å²) in [6, 6.07) is 3.23. The zero-order valence-electron chi connectivity index (χ0n) is 6.19. The van der Waals surface area contributed by atoms with Gasteiger partial charge in [-0.15, -0.1) is 0 Å². The molecule has 0 fully saturated rings. The standard InChI is InChI=1S/C8H7ClF2O/c9-5-12-4-6-1-7(10)3-8(11)2-6/h1-3H,4-5H2. The zero-order chi connectivity index (χ0) is 8.97. The maximum absolute atomic E-state index is 12.5. The molecule has 0 aliphatic heterocycles. The smallest absolute Gasteiger partial charge is 0.126 e. The van der Waals surface area contributed by atoms with E-state index in [2.05, 4.69) is 0 Å². The number of hydrogen-bond acceptors (Lipinski definition) is 1. The van der Waals surface area contributed by atoms with E-state index >= 15 is 0 Å². The van der Waals surface area contributed by atoms with Crippen molar-refractivity contribution >= 4 is 11.6 Å². The molecule has 0 bridgehead atoms. The molecule has 66 valence electrons. The number of alkyl halides is 1. The summed E-state index contributed by atoms with van der Waals surface area (Å²) in [4.78, 5) is 0. The Morgan fingerprint density at radius 3 is 2.25 bits per heavy atom. The van der Waals surface area contributed by atoms with Crippen molar-refractivity contribution in [2.45, 2.75) is 6.61 Å². The first-order chi connectivity index (χ1) is 5.72. The number of halogens is 3. The van der Waals surface area contributed by atoms with Gasteiger partial charge in [0.2, 0.25) is 0 Å². The van der Waals surface area contributed by atoms with Gasteiger partial charge in [-0.1, -0.05) is 11.6 Å². The minimum absolute atomic E-state index is 0.0120. The van der Waals surface area contributed by atoms with Crippen LogP contribution in [0.5, 0.6) is 0 Å². The van der Waals surface area contributed by atoms with Crippen molar-refractivity contribution < 1.29 is 13.5 Å². The van der Waals surface area contributed by atoms with Crippen molar-refractivity contribution in [2.75, 3.05) is 6.07 Å². The van der Waals surface area contributed by atoms with Gasteiger partial charge in [-0.25, -0.2) is 8.78 Å². The van der Waals surface area contributed by atoms with Crippen LogP contribution in [0.25, 0.3) is 0 Å². The molecular weight excluding hydrogens is 186 g/mol. The van der Waals surface area contributed by atoms with Gasteiger partial charge in [0.15, 0.2) is 0 Å². The average Bonchev–Trinajstić information content (AvgIpc) is 1.99. The van der Waals surface area contributed by atoms with Crippen LogP contribution in [0.2, 0.25) is 0 Å². The molecule has 0 aromatic heterocycles. The molecule has 0 saturated heterocycles. The quantitative estimate of drug-likeness (QED) is 0.669. The lowest BCUT2D eigenvalue weighted by atomic mass is 10.2. The highest BCUT2D eigenvalue weighted by Crippen LogP contribution is 2.08. The van der Waals surface area contributed by atoms with Gasteiger partial charge in [0.05, 0.1) is 6.61 Å². The highest BCUT2D eigenvalue weighted by atomic mass is 35.5. The largest absolute Gasteiger partial charge is 0.361 e. The van der Waals surface area contributed by atoms with Crippen LogP contribution in [-0.4, -0.2) is 6.07 Å². The fourth-order valence-electron chi connectivity index (χ4n) is 0.851. The van der Waals surface area contributed by atoms with Gasteiger partial charge in [0.25, 0.3) is 0 Å². The van der Waals surface area contributed by atoms with Crippen molar-refractivity contribution in [2.24, 2.45) is 0 Å². The second-order valence-electron chi connectivity index (χ2n) is 2.24. The van der Waals surface area contributed by atoms with Gasteiger partial charge in [0.1, 0.15) is 17.7 Å². The number of hydrogen-bond donors (Lipinski definition) is 0. The topological polar surface area (TPSA) is 9.23 Å². The van der Waals surface area contributed by atoms with Gasteiger partial charge >= 0.3 is 0 Å². The van der Waals surface area contributed by atoms with Gasteiger partial charge < -0.3 is 4.74 Å². The summed E-state index contributed by atoms with van der Waals surface area (Å²) in [5.41, 5.74) is 0.438. The minimum atomic E-state index is -0.608. The van der Waals surface area contributed by atoms with Crippen LogP contribution >= 0.6 is 11.6 Å². The third-order valence-electron chi connectivity index (χ3n) is 1.27. The molecule has 1 nitrogen and oxygen atoms in total. The lowest BCUT2D eigenvalue weighted by molar-refractivity contribution is 0.165. The van der Waals surface area contributed by atoms with E-state index in [4.69, 9.17) is 16.3 Å².